The number of nitriles is 1. The van der Waals surface area contributed by atoms with E-state index in [1.807, 2.05) is 24.3 Å². The average molecular weight is 213 g/mol. The van der Waals surface area contributed by atoms with Crippen molar-refractivity contribution in [3.63, 3.8) is 0 Å². The van der Waals surface area contributed by atoms with Crippen molar-refractivity contribution in [1.82, 2.24) is 6.15 Å². The van der Waals surface area contributed by atoms with E-state index in [2.05, 4.69) is 22.0 Å². The summed E-state index contributed by atoms with van der Waals surface area (Å²) in [5.41, 5.74) is 1.05. The second kappa shape index (κ2) is 4.89. The second-order valence-corrected chi connectivity index (χ2v) is 2.78. The highest BCUT2D eigenvalue weighted by molar-refractivity contribution is 9.10. The van der Waals surface area contributed by atoms with Gasteiger partial charge in [-0.25, -0.2) is 0 Å². The predicted octanol–water partition coefficient (Wildman–Crippen LogP) is 2.68. The van der Waals surface area contributed by atoms with Crippen LogP contribution in [-0.4, -0.2) is 0 Å². The molecule has 1 aromatic rings. The second-order valence-electron chi connectivity index (χ2n) is 1.93. The topological polar surface area (TPSA) is 58.8 Å². The lowest BCUT2D eigenvalue weighted by Gasteiger charge is -1.95. The van der Waals surface area contributed by atoms with Gasteiger partial charge in [-0.05, 0) is 11.6 Å². The first kappa shape index (κ1) is 10.2. The third-order valence-corrected chi connectivity index (χ3v) is 2.00. The lowest BCUT2D eigenvalue weighted by atomic mass is 10.2. The highest BCUT2D eigenvalue weighted by Gasteiger charge is 1.94. The molecular weight excluding hydrogens is 204 g/mol. The summed E-state index contributed by atoms with van der Waals surface area (Å²) in [6.45, 7) is 0. The van der Waals surface area contributed by atoms with Crippen LogP contribution in [0.15, 0.2) is 28.7 Å². The molecule has 0 unspecified atom stereocenters. The monoisotopic (exact) mass is 212 g/mol. The van der Waals surface area contributed by atoms with Gasteiger partial charge >= 0.3 is 0 Å². The van der Waals surface area contributed by atoms with Gasteiger partial charge in [0.05, 0.1) is 12.5 Å². The van der Waals surface area contributed by atoms with Gasteiger partial charge in [0.15, 0.2) is 0 Å². The number of halogens is 1. The van der Waals surface area contributed by atoms with E-state index in [1.165, 1.54) is 0 Å². The zero-order valence-electron chi connectivity index (χ0n) is 6.05. The first-order valence-corrected chi connectivity index (χ1v) is 3.74. The van der Waals surface area contributed by atoms with Gasteiger partial charge in [-0.15, -0.1) is 0 Å². The third-order valence-electron chi connectivity index (χ3n) is 1.23. The Labute approximate surface area is 74.6 Å². The minimum absolute atomic E-state index is 0. The minimum atomic E-state index is 0. The summed E-state index contributed by atoms with van der Waals surface area (Å²) in [4.78, 5) is 0. The molecule has 2 nitrogen and oxygen atoms in total. The van der Waals surface area contributed by atoms with E-state index < -0.39 is 0 Å². The Morgan fingerprint density at radius 1 is 1.36 bits per heavy atom. The molecule has 3 heteroatoms. The quantitative estimate of drug-likeness (QED) is 0.779. The molecule has 1 rings (SSSR count). The fourth-order valence-electron chi connectivity index (χ4n) is 0.727. The summed E-state index contributed by atoms with van der Waals surface area (Å²) in [5, 5.41) is 8.37. The Kier molecular flexibility index (Phi) is 4.51. The Balaban J connectivity index is 0.000001000. The maximum atomic E-state index is 8.37. The van der Waals surface area contributed by atoms with Crippen LogP contribution < -0.4 is 6.15 Å². The van der Waals surface area contributed by atoms with Crippen LogP contribution in [-0.2, 0) is 6.42 Å². The van der Waals surface area contributed by atoms with Crippen molar-refractivity contribution in [3.8, 4) is 6.07 Å². The molecule has 0 aliphatic heterocycles. The first-order chi connectivity index (χ1) is 4.84. The third kappa shape index (κ3) is 2.71. The molecule has 0 radical (unpaired) electrons. The van der Waals surface area contributed by atoms with Gasteiger partial charge < -0.3 is 6.15 Å². The van der Waals surface area contributed by atoms with E-state index >= 15 is 0 Å². The van der Waals surface area contributed by atoms with Crippen LogP contribution >= 0.6 is 15.9 Å². The maximum absolute atomic E-state index is 8.37. The molecule has 0 saturated carbocycles. The molecule has 0 aliphatic rings. The Morgan fingerprint density at radius 3 is 2.55 bits per heavy atom. The molecule has 0 aromatic heterocycles. The Bertz CT molecular complexity index is 265. The molecule has 0 spiro atoms. The van der Waals surface area contributed by atoms with Gasteiger partial charge in [-0.2, -0.15) is 5.26 Å². The zero-order chi connectivity index (χ0) is 7.40. The molecule has 0 amide bonds. The van der Waals surface area contributed by atoms with Crippen molar-refractivity contribution >= 4 is 15.9 Å². The highest BCUT2D eigenvalue weighted by Crippen LogP contribution is 2.15. The van der Waals surface area contributed by atoms with E-state index in [9.17, 15) is 0 Å². The van der Waals surface area contributed by atoms with Gasteiger partial charge in [0.25, 0.3) is 0 Å². The number of hydrogen-bond donors (Lipinski definition) is 1. The van der Waals surface area contributed by atoms with Crippen molar-refractivity contribution < 1.29 is 0 Å². The molecule has 0 fully saturated rings. The van der Waals surface area contributed by atoms with Crippen LogP contribution in [0.3, 0.4) is 0 Å². The van der Waals surface area contributed by atoms with Crippen LogP contribution in [0.5, 0.6) is 0 Å². The lowest BCUT2D eigenvalue weighted by Crippen LogP contribution is -1.80. The normalized spacial score (nSPS) is 8.00. The van der Waals surface area contributed by atoms with E-state index in [1.54, 1.807) is 0 Å². The van der Waals surface area contributed by atoms with Crippen molar-refractivity contribution in [1.29, 1.82) is 5.26 Å². The molecule has 1 aromatic carbocycles. The number of benzene rings is 1. The summed E-state index contributed by atoms with van der Waals surface area (Å²) < 4.78 is 1.01. The zero-order valence-corrected chi connectivity index (χ0v) is 7.63. The molecule has 0 bridgehead atoms. The van der Waals surface area contributed by atoms with E-state index in [-0.39, 0.29) is 6.15 Å². The van der Waals surface area contributed by atoms with Crippen LogP contribution in [0.1, 0.15) is 5.56 Å². The summed E-state index contributed by atoms with van der Waals surface area (Å²) in [6.07, 6.45) is 0.474. The summed E-state index contributed by atoms with van der Waals surface area (Å²) in [5.74, 6) is 0. The largest absolute Gasteiger partial charge is 0.344 e. The molecule has 11 heavy (non-hydrogen) atoms. The van der Waals surface area contributed by atoms with Gasteiger partial charge in [-0.1, -0.05) is 34.1 Å². The average Bonchev–Trinajstić information content (AvgIpc) is 1.94. The van der Waals surface area contributed by atoms with Crippen molar-refractivity contribution in [3.05, 3.63) is 34.3 Å². The van der Waals surface area contributed by atoms with E-state index in [0.29, 0.717) is 6.42 Å². The SMILES string of the molecule is N.N#CCc1ccccc1Br. The van der Waals surface area contributed by atoms with Crippen LogP contribution in [0.4, 0.5) is 0 Å². The smallest absolute Gasteiger partial charge is 0.0670 e. The lowest BCUT2D eigenvalue weighted by molar-refractivity contribution is 1.25. The fraction of sp³-hybridized carbons (Fsp3) is 0.125. The maximum Gasteiger partial charge on any atom is 0.0670 e. The Hall–Kier alpha value is -0.850. The molecule has 0 saturated heterocycles. The highest BCUT2D eigenvalue weighted by atomic mass is 79.9. The summed E-state index contributed by atoms with van der Waals surface area (Å²) >= 11 is 3.35. The van der Waals surface area contributed by atoms with Crippen molar-refractivity contribution in [2.45, 2.75) is 6.42 Å². The van der Waals surface area contributed by atoms with Crippen LogP contribution in [0.25, 0.3) is 0 Å². The molecule has 3 N–H and O–H groups in total. The minimum Gasteiger partial charge on any atom is -0.344 e. The van der Waals surface area contributed by atoms with E-state index in [4.69, 9.17) is 5.26 Å². The summed E-state index contributed by atoms with van der Waals surface area (Å²) in [7, 11) is 0. The number of hydrogen-bond acceptors (Lipinski definition) is 2. The fourth-order valence-corrected chi connectivity index (χ4v) is 1.15. The summed E-state index contributed by atoms with van der Waals surface area (Å²) in [6, 6.07) is 9.83. The van der Waals surface area contributed by atoms with Crippen molar-refractivity contribution in [2.24, 2.45) is 0 Å². The molecule has 58 valence electrons. The van der Waals surface area contributed by atoms with Gasteiger partial charge in [0.2, 0.25) is 0 Å². The first-order valence-electron chi connectivity index (χ1n) is 2.95. The molecule has 0 atom stereocenters. The molecule has 0 aliphatic carbocycles. The predicted molar refractivity (Wildman–Crippen MR) is 48.5 cm³/mol. The standard InChI is InChI=1S/C8H6BrN.H3N/c9-8-4-2-1-3-7(8)5-6-10;/h1-4H,5H2;1H3. The van der Waals surface area contributed by atoms with Crippen LogP contribution in [0.2, 0.25) is 0 Å². The number of nitrogens with zero attached hydrogens (tertiary/aromatic N) is 1. The van der Waals surface area contributed by atoms with Crippen LogP contribution in [0, 0.1) is 11.3 Å². The van der Waals surface area contributed by atoms with Gasteiger partial charge in [-0.3, -0.25) is 0 Å². The molecule has 0 heterocycles. The number of rotatable bonds is 1. The van der Waals surface area contributed by atoms with Gasteiger partial charge in [0.1, 0.15) is 0 Å². The van der Waals surface area contributed by atoms with Crippen molar-refractivity contribution in [2.75, 3.05) is 0 Å². The van der Waals surface area contributed by atoms with E-state index in [0.717, 1.165) is 10.0 Å². The van der Waals surface area contributed by atoms with Gasteiger partial charge in [0, 0.05) is 4.47 Å². The Morgan fingerprint density at radius 2 is 2.00 bits per heavy atom. The molecular formula is C8H9BrN2.